The van der Waals surface area contributed by atoms with Crippen molar-refractivity contribution in [2.45, 2.75) is 37.6 Å². The number of nitriles is 1. The maximum atomic E-state index is 12.6. The van der Waals surface area contributed by atoms with Crippen LogP contribution >= 0.6 is 0 Å². The van der Waals surface area contributed by atoms with E-state index in [0.29, 0.717) is 36.6 Å². The monoisotopic (exact) mass is 341 g/mol. The summed E-state index contributed by atoms with van der Waals surface area (Å²) in [7, 11) is 0. The molecule has 25 heavy (non-hydrogen) atoms. The van der Waals surface area contributed by atoms with Crippen molar-refractivity contribution in [2.75, 3.05) is 18.2 Å². The van der Waals surface area contributed by atoms with Gasteiger partial charge < -0.3 is 19.7 Å². The van der Waals surface area contributed by atoms with Crippen molar-refractivity contribution in [3.05, 3.63) is 18.2 Å². The van der Waals surface area contributed by atoms with Crippen LogP contribution in [0, 0.1) is 17.2 Å². The molecule has 1 aliphatic carbocycles. The molecule has 0 aromatic heterocycles. The fourth-order valence-electron chi connectivity index (χ4n) is 3.77. The van der Waals surface area contributed by atoms with Crippen molar-refractivity contribution in [3.63, 3.8) is 0 Å². The lowest BCUT2D eigenvalue weighted by molar-refractivity contribution is -0.127. The summed E-state index contributed by atoms with van der Waals surface area (Å²) >= 11 is 0. The van der Waals surface area contributed by atoms with Crippen molar-refractivity contribution in [1.29, 1.82) is 5.26 Å². The zero-order chi connectivity index (χ0) is 17.4. The number of carbonyl (C=O) groups is 2. The van der Waals surface area contributed by atoms with Gasteiger partial charge in [-0.3, -0.25) is 9.59 Å². The van der Waals surface area contributed by atoms with E-state index in [0.717, 1.165) is 12.8 Å². The lowest BCUT2D eigenvalue weighted by Gasteiger charge is -2.24. The van der Waals surface area contributed by atoms with Crippen LogP contribution in [-0.2, 0) is 9.59 Å². The van der Waals surface area contributed by atoms with Gasteiger partial charge in [-0.2, -0.15) is 5.26 Å². The van der Waals surface area contributed by atoms with E-state index in [9.17, 15) is 14.9 Å². The molecule has 7 nitrogen and oxygen atoms in total. The molecule has 2 aliphatic heterocycles. The van der Waals surface area contributed by atoms with E-state index in [1.54, 1.807) is 23.1 Å². The third-order valence-corrected chi connectivity index (χ3v) is 5.20. The molecule has 7 heteroatoms. The van der Waals surface area contributed by atoms with Gasteiger partial charge >= 0.3 is 0 Å². The minimum absolute atomic E-state index is 0.101. The van der Waals surface area contributed by atoms with Gasteiger partial charge in [0.25, 0.3) is 0 Å². The van der Waals surface area contributed by atoms with Crippen molar-refractivity contribution in [2.24, 2.45) is 5.92 Å². The van der Waals surface area contributed by atoms with E-state index in [-0.39, 0.29) is 25.0 Å². The molecular weight excluding hydrogens is 322 g/mol. The molecule has 3 aliphatic rings. The van der Waals surface area contributed by atoms with Gasteiger partial charge in [-0.1, -0.05) is 0 Å². The van der Waals surface area contributed by atoms with Gasteiger partial charge in [0.15, 0.2) is 11.5 Å². The molecule has 4 rings (SSSR count). The first kappa shape index (κ1) is 15.8. The highest BCUT2D eigenvalue weighted by Crippen LogP contribution is 2.37. The average molecular weight is 341 g/mol. The highest BCUT2D eigenvalue weighted by molar-refractivity contribution is 6.00. The number of benzene rings is 1. The van der Waals surface area contributed by atoms with Crippen LogP contribution in [-0.4, -0.2) is 30.7 Å². The second-order valence-corrected chi connectivity index (χ2v) is 6.83. The summed E-state index contributed by atoms with van der Waals surface area (Å²) in [6, 6.07) is 7.57. The SMILES string of the molecule is N#CC1(NC(=O)C2CC(=O)N(c3ccc4c(c3)OCO4)C2)CCCC1. The highest BCUT2D eigenvalue weighted by Gasteiger charge is 2.41. The lowest BCUT2D eigenvalue weighted by atomic mass is 9.97. The molecule has 1 saturated heterocycles. The Kier molecular flexibility index (Phi) is 3.75. The number of ether oxygens (including phenoxy) is 2. The number of nitrogens with zero attached hydrogens (tertiary/aromatic N) is 2. The molecule has 1 unspecified atom stereocenters. The standard InChI is InChI=1S/C18H19N3O4/c19-10-18(5-1-2-6-18)20-17(23)12-7-16(22)21(9-12)13-3-4-14-15(8-13)25-11-24-14/h3-4,8,12H,1-2,5-7,9,11H2,(H,20,23). The largest absolute Gasteiger partial charge is 0.454 e. The van der Waals surface area contributed by atoms with Crippen LogP contribution in [0.5, 0.6) is 11.5 Å². The number of carbonyl (C=O) groups excluding carboxylic acids is 2. The molecule has 1 aromatic carbocycles. The average Bonchev–Trinajstić information content (AvgIpc) is 3.33. The van der Waals surface area contributed by atoms with Crippen LogP contribution in [0.4, 0.5) is 5.69 Å². The number of amides is 2. The topological polar surface area (TPSA) is 91.7 Å². The molecule has 0 radical (unpaired) electrons. The van der Waals surface area contributed by atoms with Gasteiger partial charge in [-0.15, -0.1) is 0 Å². The number of rotatable bonds is 3. The summed E-state index contributed by atoms with van der Waals surface area (Å²) in [5, 5.41) is 12.3. The molecule has 130 valence electrons. The third kappa shape index (κ3) is 2.78. The number of fused-ring (bicyclic) bond motifs is 1. The van der Waals surface area contributed by atoms with Crippen molar-refractivity contribution >= 4 is 17.5 Å². The van der Waals surface area contributed by atoms with Crippen molar-refractivity contribution in [1.82, 2.24) is 5.32 Å². The number of hydrogen-bond donors (Lipinski definition) is 1. The molecule has 2 fully saturated rings. The summed E-state index contributed by atoms with van der Waals surface area (Å²) in [5.74, 6) is 0.509. The Bertz CT molecular complexity index is 764. The van der Waals surface area contributed by atoms with E-state index in [1.165, 1.54) is 0 Å². The Morgan fingerprint density at radius 1 is 1.28 bits per heavy atom. The number of anilines is 1. The smallest absolute Gasteiger partial charge is 0.231 e. The summed E-state index contributed by atoms with van der Waals surface area (Å²) in [4.78, 5) is 26.6. The van der Waals surface area contributed by atoms with E-state index < -0.39 is 11.5 Å². The van der Waals surface area contributed by atoms with E-state index in [2.05, 4.69) is 11.4 Å². The van der Waals surface area contributed by atoms with Crippen molar-refractivity contribution < 1.29 is 19.1 Å². The maximum absolute atomic E-state index is 12.6. The Balaban J connectivity index is 1.47. The summed E-state index contributed by atoms with van der Waals surface area (Å²) < 4.78 is 10.6. The van der Waals surface area contributed by atoms with Crippen LogP contribution in [0.2, 0.25) is 0 Å². The summed E-state index contributed by atoms with van der Waals surface area (Å²) in [6.45, 7) is 0.486. The first-order valence-corrected chi connectivity index (χ1v) is 8.53. The molecule has 0 spiro atoms. The summed E-state index contributed by atoms with van der Waals surface area (Å²) in [5.41, 5.74) is -0.0628. The van der Waals surface area contributed by atoms with Crippen molar-refractivity contribution in [3.8, 4) is 17.6 Å². The number of nitrogens with one attached hydrogen (secondary N) is 1. The molecule has 0 bridgehead atoms. The number of hydrogen-bond acceptors (Lipinski definition) is 5. The van der Waals surface area contributed by atoms with Gasteiger partial charge in [0.2, 0.25) is 18.6 Å². The first-order chi connectivity index (χ1) is 12.1. The summed E-state index contributed by atoms with van der Waals surface area (Å²) in [6.07, 6.45) is 3.41. The quantitative estimate of drug-likeness (QED) is 0.904. The Hall–Kier alpha value is -2.75. The fourth-order valence-corrected chi connectivity index (χ4v) is 3.77. The van der Waals surface area contributed by atoms with Gasteiger partial charge in [0.05, 0.1) is 12.0 Å². The third-order valence-electron chi connectivity index (χ3n) is 5.20. The Labute approximate surface area is 145 Å². The predicted molar refractivity (Wildman–Crippen MR) is 88.0 cm³/mol. The predicted octanol–water partition coefficient (Wildman–Crippen LogP) is 1.72. The van der Waals surface area contributed by atoms with Crippen LogP contribution in [0.3, 0.4) is 0 Å². The molecule has 1 atom stereocenters. The zero-order valence-corrected chi connectivity index (χ0v) is 13.8. The Morgan fingerprint density at radius 3 is 2.80 bits per heavy atom. The van der Waals surface area contributed by atoms with E-state index >= 15 is 0 Å². The second kappa shape index (κ2) is 5.96. The fraction of sp³-hybridized carbons (Fsp3) is 0.500. The molecule has 1 N–H and O–H groups in total. The van der Waals surface area contributed by atoms with Crippen LogP contribution in [0.25, 0.3) is 0 Å². The molecule has 1 saturated carbocycles. The van der Waals surface area contributed by atoms with Crippen LogP contribution < -0.4 is 19.7 Å². The van der Waals surface area contributed by atoms with Gasteiger partial charge in [0, 0.05) is 24.7 Å². The lowest BCUT2D eigenvalue weighted by Crippen LogP contribution is -2.48. The van der Waals surface area contributed by atoms with E-state index in [1.807, 2.05) is 0 Å². The minimum Gasteiger partial charge on any atom is -0.454 e. The van der Waals surface area contributed by atoms with Crippen LogP contribution in [0.15, 0.2) is 18.2 Å². The van der Waals surface area contributed by atoms with Gasteiger partial charge in [-0.25, -0.2) is 0 Å². The molecule has 1 aromatic rings. The minimum atomic E-state index is -0.758. The molecule has 2 amide bonds. The molecule has 2 heterocycles. The highest BCUT2D eigenvalue weighted by atomic mass is 16.7. The maximum Gasteiger partial charge on any atom is 0.231 e. The van der Waals surface area contributed by atoms with Crippen LogP contribution in [0.1, 0.15) is 32.1 Å². The molecular formula is C18H19N3O4. The van der Waals surface area contributed by atoms with E-state index in [4.69, 9.17) is 9.47 Å². The van der Waals surface area contributed by atoms with Gasteiger partial charge in [-0.05, 0) is 37.8 Å². The first-order valence-electron chi connectivity index (χ1n) is 8.53. The second-order valence-electron chi connectivity index (χ2n) is 6.83. The normalized spacial score (nSPS) is 23.6. The Morgan fingerprint density at radius 2 is 2.04 bits per heavy atom. The van der Waals surface area contributed by atoms with Gasteiger partial charge in [0.1, 0.15) is 5.54 Å². The zero-order valence-electron chi connectivity index (χ0n) is 13.8.